The molecular formula is C8H10N2O5. The van der Waals surface area contributed by atoms with E-state index >= 15 is 0 Å². The Hall–Kier alpha value is -2.05. The van der Waals surface area contributed by atoms with Crippen LogP contribution in [0.5, 0.6) is 0 Å². The highest BCUT2D eigenvalue weighted by molar-refractivity contribution is 5.90. The Bertz CT molecular complexity index is 312. The zero-order valence-electron chi connectivity index (χ0n) is 7.73. The van der Waals surface area contributed by atoms with Gasteiger partial charge in [-0.2, -0.15) is 0 Å². The number of aliphatic carboxylic acids is 1. The van der Waals surface area contributed by atoms with Crippen molar-refractivity contribution in [2.75, 3.05) is 13.2 Å². The molecule has 2 amide bonds. The summed E-state index contributed by atoms with van der Waals surface area (Å²) in [6, 6.07) is -0.572. The molecule has 1 aliphatic heterocycles. The molecule has 1 aliphatic rings. The summed E-state index contributed by atoms with van der Waals surface area (Å²) in [6.07, 6.45) is 1.50. The van der Waals surface area contributed by atoms with Gasteiger partial charge < -0.3 is 20.5 Å². The Morgan fingerprint density at radius 3 is 2.80 bits per heavy atom. The van der Waals surface area contributed by atoms with Crippen LogP contribution in [0.4, 0.5) is 4.79 Å². The smallest absolute Gasteiger partial charge is 0.331 e. The summed E-state index contributed by atoms with van der Waals surface area (Å²) in [7, 11) is 0. The Labute approximate surface area is 85.1 Å². The molecule has 1 fully saturated rings. The Balaban J connectivity index is 2.22. The van der Waals surface area contributed by atoms with Gasteiger partial charge in [-0.15, -0.1) is 0 Å². The van der Waals surface area contributed by atoms with Crippen LogP contribution >= 0.6 is 0 Å². The minimum Gasteiger partial charge on any atom is -0.478 e. The SMILES string of the molecule is O=C(O)/C=C/C(=O)OCC1CNC(=O)N1. The van der Waals surface area contributed by atoms with Gasteiger partial charge in [0.2, 0.25) is 0 Å². The molecule has 0 bridgehead atoms. The molecule has 15 heavy (non-hydrogen) atoms. The third-order valence-electron chi connectivity index (χ3n) is 1.63. The number of nitrogens with one attached hydrogen (secondary N) is 2. The predicted molar refractivity (Wildman–Crippen MR) is 48.1 cm³/mol. The van der Waals surface area contributed by atoms with Crippen LogP contribution in [0.2, 0.25) is 0 Å². The van der Waals surface area contributed by atoms with Crippen LogP contribution in [0.3, 0.4) is 0 Å². The number of hydrogen-bond donors (Lipinski definition) is 3. The van der Waals surface area contributed by atoms with Crippen LogP contribution < -0.4 is 10.6 Å². The number of amides is 2. The monoisotopic (exact) mass is 214 g/mol. The lowest BCUT2D eigenvalue weighted by atomic mass is 10.3. The summed E-state index contributed by atoms with van der Waals surface area (Å²) >= 11 is 0. The molecular weight excluding hydrogens is 204 g/mol. The maximum absolute atomic E-state index is 10.9. The minimum atomic E-state index is -1.22. The molecule has 0 spiro atoms. The van der Waals surface area contributed by atoms with Crippen LogP contribution in [-0.4, -0.2) is 42.3 Å². The fourth-order valence-electron chi connectivity index (χ4n) is 0.974. The van der Waals surface area contributed by atoms with Crippen molar-refractivity contribution in [2.24, 2.45) is 0 Å². The fraction of sp³-hybridized carbons (Fsp3) is 0.375. The first-order valence-corrected chi connectivity index (χ1v) is 4.20. The van der Waals surface area contributed by atoms with Crippen molar-refractivity contribution < 1.29 is 24.2 Å². The number of hydrogen-bond acceptors (Lipinski definition) is 4. The second-order valence-corrected chi connectivity index (χ2v) is 2.85. The number of carboxylic acid groups (broad SMARTS) is 1. The lowest BCUT2D eigenvalue weighted by molar-refractivity contribution is -0.139. The first-order valence-electron chi connectivity index (χ1n) is 4.20. The summed E-state index contributed by atoms with van der Waals surface area (Å²) < 4.78 is 4.68. The highest BCUT2D eigenvalue weighted by Gasteiger charge is 2.20. The van der Waals surface area contributed by atoms with Gasteiger partial charge in [0.25, 0.3) is 0 Å². The molecule has 0 aliphatic carbocycles. The van der Waals surface area contributed by atoms with Gasteiger partial charge in [-0.25, -0.2) is 14.4 Å². The highest BCUT2D eigenvalue weighted by Crippen LogP contribution is 1.92. The number of urea groups is 1. The van der Waals surface area contributed by atoms with Crippen molar-refractivity contribution in [1.82, 2.24) is 10.6 Å². The summed E-state index contributed by atoms with van der Waals surface area (Å²) in [5.74, 6) is -1.97. The van der Waals surface area contributed by atoms with Crippen molar-refractivity contribution >= 4 is 18.0 Å². The zero-order chi connectivity index (χ0) is 11.3. The van der Waals surface area contributed by atoms with E-state index in [1.807, 2.05) is 0 Å². The largest absolute Gasteiger partial charge is 0.478 e. The second-order valence-electron chi connectivity index (χ2n) is 2.85. The Kier molecular flexibility index (Phi) is 3.67. The van der Waals surface area contributed by atoms with Crippen LogP contribution in [0.1, 0.15) is 0 Å². The number of ether oxygens (including phenoxy) is 1. The van der Waals surface area contributed by atoms with E-state index < -0.39 is 11.9 Å². The number of esters is 1. The maximum atomic E-state index is 10.9. The first kappa shape index (κ1) is 11.0. The van der Waals surface area contributed by atoms with E-state index in [0.717, 1.165) is 6.08 Å². The normalized spacial score (nSPS) is 19.7. The predicted octanol–water partition coefficient (Wildman–Crippen LogP) is -1.15. The second kappa shape index (κ2) is 4.99. The molecule has 1 saturated heterocycles. The van der Waals surface area contributed by atoms with E-state index in [9.17, 15) is 14.4 Å². The molecule has 1 atom stereocenters. The summed E-state index contributed by atoms with van der Waals surface area (Å²) in [6.45, 7) is 0.399. The first-order chi connectivity index (χ1) is 7.08. The molecule has 0 aromatic rings. The van der Waals surface area contributed by atoms with Crippen LogP contribution in [0, 0.1) is 0 Å². The van der Waals surface area contributed by atoms with Gasteiger partial charge >= 0.3 is 18.0 Å². The molecule has 1 unspecified atom stereocenters. The third-order valence-corrected chi connectivity index (χ3v) is 1.63. The molecule has 0 radical (unpaired) electrons. The van der Waals surface area contributed by atoms with Gasteiger partial charge in [0, 0.05) is 18.7 Å². The van der Waals surface area contributed by atoms with Crippen molar-refractivity contribution in [2.45, 2.75) is 6.04 Å². The van der Waals surface area contributed by atoms with Gasteiger partial charge in [0.15, 0.2) is 0 Å². The number of carbonyl (C=O) groups is 3. The third kappa shape index (κ3) is 4.12. The number of carboxylic acids is 1. The van der Waals surface area contributed by atoms with E-state index in [2.05, 4.69) is 15.4 Å². The summed E-state index contributed by atoms with van der Waals surface area (Å²) in [5.41, 5.74) is 0. The van der Waals surface area contributed by atoms with E-state index in [1.54, 1.807) is 0 Å². The highest BCUT2D eigenvalue weighted by atomic mass is 16.5. The van der Waals surface area contributed by atoms with Crippen LogP contribution in [0.25, 0.3) is 0 Å². The molecule has 1 rings (SSSR count). The molecule has 7 heteroatoms. The van der Waals surface area contributed by atoms with Gasteiger partial charge in [-0.05, 0) is 0 Å². The van der Waals surface area contributed by atoms with E-state index in [-0.39, 0.29) is 18.7 Å². The molecule has 1 heterocycles. The molecule has 0 aromatic heterocycles. The van der Waals surface area contributed by atoms with Crippen LogP contribution in [0.15, 0.2) is 12.2 Å². The topological polar surface area (TPSA) is 105 Å². The maximum Gasteiger partial charge on any atom is 0.331 e. The molecule has 0 saturated carbocycles. The number of carbonyl (C=O) groups excluding carboxylic acids is 2. The van der Waals surface area contributed by atoms with Gasteiger partial charge in [-0.1, -0.05) is 0 Å². The molecule has 7 nitrogen and oxygen atoms in total. The minimum absolute atomic E-state index is 0.0154. The molecule has 3 N–H and O–H groups in total. The standard InChI is InChI=1S/C8H10N2O5/c11-6(12)1-2-7(13)15-4-5-3-9-8(14)10-5/h1-2,5H,3-4H2,(H,11,12)(H2,9,10,14)/b2-1+. The molecule has 0 aromatic carbocycles. The Morgan fingerprint density at radius 2 is 2.27 bits per heavy atom. The van der Waals surface area contributed by atoms with Crippen LogP contribution in [-0.2, 0) is 14.3 Å². The average molecular weight is 214 g/mol. The van der Waals surface area contributed by atoms with E-state index in [1.165, 1.54) is 0 Å². The lowest BCUT2D eigenvalue weighted by Gasteiger charge is -2.07. The zero-order valence-corrected chi connectivity index (χ0v) is 7.73. The summed E-state index contributed by atoms with van der Waals surface area (Å²) in [5, 5.41) is 13.2. The van der Waals surface area contributed by atoms with Crippen molar-refractivity contribution in [1.29, 1.82) is 0 Å². The van der Waals surface area contributed by atoms with Gasteiger partial charge in [0.1, 0.15) is 6.61 Å². The van der Waals surface area contributed by atoms with E-state index in [4.69, 9.17) is 5.11 Å². The van der Waals surface area contributed by atoms with Gasteiger partial charge in [0.05, 0.1) is 6.04 Å². The average Bonchev–Trinajstić information content (AvgIpc) is 2.58. The Morgan fingerprint density at radius 1 is 1.53 bits per heavy atom. The van der Waals surface area contributed by atoms with E-state index in [0.29, 0.717) is 12.6 Å². The quantitative estimate of drug-likeness (QED) is 0.405. The fourth-order valence-corrected chi connectivity index (χ4v) is 0.974. The number of rotatable bonds is 4. The summed E-state index contributed by atoms with van der Waals surface area (Å²) in [4.78, 5) is 31.6. The van der Waals surface area contributed by atoms with Gasteiger partial charge in [-0.3, -0.25) is 0 Å². The van der Waals surface area contributed by atoms with Crippen molar-refractivity contribution in [3.05, 3.63) is 12.2 Å². The lowest BCUT2D eigenvalue weighted by Crippen LogP contribution is -2.31. The molecule has 82 valence electrons. The van der Waals surface area contributed by atoms with Crippen molar-refractivity contribution in [3.8, 4) is 0 Å². The van der Waals surface area contributed by atoms with Crippen molar-refractivity contribution in [3.63, 3.8) is 0 Å².